The minimum atomic E-state index is 0.221. The summed E-state index contributed by atoms with van der Waals surface area (Å²) >= 11 is 1.92. The third-order valence-corrected chi connectivity index (χ3v) is 5.82. The maximum absolute atomic E-state index is 6.08. The van der Waals surface area contributed by atoms with Crippen molar-refractivity contribution >= 4 is 11.3 Å². The minimum Gasteiger partial charge on any atom is -0.381 e. The summed E-state index contributed by atoms with van der Waals surface area (Å²) < 4.78 is 11.9. The number of aryl methyl sites for hydroxylation is 1. The van der Waals surface area contributed by atoms with Crippen LogP contribution < -0.4 is 0 Å². The van der Waals surface area contributed by atoms with Crippen molar-refractivity contribution in [2.45, 2.75) is 45.8 Å². The number of hydrogen-bond acceptors (Lipinski definition) is 4. The molecule has 0 N–H and O–H groups in total. The van der Waals surface area contributed by atoms with Gasteiger partial charge in [-0.2, -0.15) is 0 Å². The van der Waals surface area contributed by atoms with Crippen molar-refractivity contribution in [1.29, 1.82) is 0 Å². The average Bonchev–Trinajstić information content (AvgIpc) is 2.90. The van der Waals surface area contributed by atoms with Crippen LogP contribution in [0.4, 0.5) is 0 Å². The molecular weight excluding hydrogens is 282 g/mol. The summed E-state index contributed by atoms with van der Waals surface area (Å²) in [7, 11) is 0. The number of likely N-dealkylation sites (tertiary alicyclic amines) is 1. The van der Waals surface area contributed by atoms with E-state index in [1.807, 2.05) is 11.3 Å². The largest absolute Gasteiger partial charge is 0.381 e. The first-order chi connectivity index (χ1) is 10.2. The maximum atomic E-state index is 6.08. The summed E-state index contributed by atoms with van der Waals surface area (Å²) in [5.41, 5.74) is 0.221. The Labute approximate surface area is 132 Å². The summed E-state index contributed by atoms with van der Waals surface area (Å²) in [5.74, 6) is 0. The summed E-state index contributed by atoms with van der Waals surface area (Å²) in [5, 5.41) is 0. The molecule has 2 saturated heterocycles. The zero-order valence-corrected chi connectivity index (χ0v) is 14.1. The first-order valence-corrected chi connectivity index (χ1v) is 9.00. The highest BCUT2D eigenvalue weighted by Gasteiger charge is 2.46. The van der Waals surface area contributed by atoms with Gasteiger partial charge in [0, 0.05) is 48.0 Å². The molecule has 4 heteroatoms. The number of thiophene rings is 1. The molecule has 0 radical (unpaired) electrons. The Morgan fingerprint density at radius 1 is 1.48 bits per heavy atom. The lowest BCUT2D eigenvalue weighted by Gasteiger charge is -2.50. The number of nitrogens with zero attached hydrogens (tertiary/aromatic N) is 1. The molecule has 1 aromatic rings. The fraction of sp³-hybridized carbons (Fsp3) is 0.765. The smallest absolute Gasteiger partial charge is 0.0677 e. The van der Waals surface area contributed by atoms with E-state index < -0.39 is 0 Å². The Morgan fingerprint density at radius 3 is 3.14 bits per heavy atom. The van der Waals surface area contributed by atoms with E-state index in [0.717, 1.165) is 45.9 Å². The SMILES string of the molecule is CCOC[C@]12CCCO[C@@H]1CCN(Cc1ccc(C)s1)C2. The molecule has 3 nitrogen and oxygen atoms in total. The van der Waals surface area contributed by atoms with Crippen LogP contribution in [0.5, 0.6) is 0 Å². The summed E-state index contributed by atoms with van der Waals surface area (Å²) in [6, 6.07) is 4.51. The molecule has 2 aliphatic rings. The number of hydrogen-bond donors (Lipinski definition) is 0. The van der Waals surface area contributed by atoms with Gasteiger partial charge in [-0.05, 0) is 45.2 Å². The Morgan fingerprint density at radius 2 is 2.38 bits per heavy atom. The van der Waals surface area contributed by atoms with Crippen LogP contribution >= 0.6 is 11.3 Å². The molecule has 118 valence electrons. The lowest BCUT2D eigenvalue weighted by Crippen LogP contribution is -2.56. The first-order valence-electron chi connectivity index (χ1n) is 8.19. The molecule has 0 aromatic carbocycles. The van der Waals surface area contributed by atoms with Gasteiger partial charge in [0.25, 0.3) is 0 Å². The fourth-order valence-electron chi connectivity index (χ4n) is 3.82. The van der Waals surface area contributed by atoms with Crippen molar-refractivity contribution in [3.05, 3.63) is 21.9 Å². The maximum Gasteiger partial charge on any atom is 0.0677 e. The van der Waals surface area contributed by atoms with E-state index >= 15 is 0 Å². The van der Waals surface area contributed by atoms with Gasteiger partial charge in [-0.25, -0.2) is 0 Å². The van der Waals surface area contributed by atoms with Crippen LogP contribution in [-0.2, 0) is 16.0 Å². The second-order valence-electron chi connectivity index (χ2n) is 6.47. The van der Waals surface area contributed by atoms with Crippen LogP contribution in [-0.4, -0.2) is 43.9 Å². The molecule has 0 spiro atoms. The van der Waals surface area contributed by atoms with Crippen LogP contribution in [0.2, 0.25) is 0 Å². The molecule has 0 aliphatic carbocycles. The van der Waals surface area contributed by atoms with Crippen LogP contribution in [0.15, 0.2) is 12.1 Å². The first kappa shape index (κ1) is 15.5. The van der Waals surface area contributed by atoms with Crippen molar-refractivity contribution in [3.8, 4) is 0 Å². The molecule has 0 unspecified atom stereocenters. The Hall–Kier alpha value is -0.420. The molecule has 21 heavy (non-hydrogen) atoms. The fourth-order valence-corrected chi connectivity index (χ4v) is 4.76. The standard InChI is InChI=1S/C17H27NO2S/c1-3-19-13-17-8-4-10-20-16(17)7-9-18(12-17)11-15-6-5-14(2)21-15/h5-6,16H,3-4,7-13H2,1-2H3/t16-,17-/m1/s1. The van der Waals surface area contributed by atoms with E-state index in [-0.39, 0.29) is 5.41 Å². The van der Waals surface area contributed by atoms with E-state index in [4.69, 9.17) is 9.47 Å². The summed E-state index contributed by atoms with van der Waals surface area (Å²) in [6.07, 6.45) is 3.98. The highest BCUT2D eigenvalue weighted by Crippen LogP contribution is 2.41. The molecule has 2 aliphatic heterocycles. The monoisotopic (exact) mass is 309 g/mol. The van der Waals surface area contributed by atoms with Gasteiger partial charge < -0.3 is 9.47 Å². The summed E-state index contributed by atoms with van der Waals surface area (Å²) in [4.78, 5) is 5.49. The number of rotatable bonds is 5. The van der Waals surface area contributed by atoms with Gasteiger partial charge in [0.2, 0.25) is 0 Å². The molecule has 3 rings (SSSR count). The van der Waals surface area contributed by atoms with E-state index in [2.05, 4.69) is 30.9 Å². The average molecular weight is 309 g/mol. The van der Waals surface area contributed by atoms with Gasteiger partial charge in [-0.1, -0.05) is 0 Å². The topological polar surface area (TPSA) is 21.7 Å². The zero-order valence-electron chi connectivity index (χ0n) is 13.3. The van der Waals surface area contributed by atoms with E-state index in [9.17, 15) is 0 Å². The van der Waals surface area contributed by atoms with Crippen molar-refractivity contribution in [2.75, 3.05) is 32.9 Å². The third-order valence-electron chi connectivity index (χ3n) is 4.84. The molecule has 0 amide bonds. The lowest BCUT2D eigenvalue weighted by atomic mass is 9.73. The van der Waals surface area contributed by atoms with Crippen molar-refractivity contribution in [3.63, 3.8) is 0 Å². The van der Waals surface area contributed by atoms with Crippen LogP contribution in [0.25, 0.3) is 0 Å². The van der Waals surface area contributed by atoms with Crippen molar-refractivity contribution < 1.29 is 9.47 Å². The number of piperidine rings is 1. The van der Waals surface area contributed by atoms with E-state index in [0.29, 0.717) is 6.10 Å². The normalized spacial score (nSPS) is 30.3. The third kappa shape index (κ3) is 3.50. The molecule has 0 saturated carbocycles. The molecular formula is C17H27NO2S. The molecule has 0 bridgehead atoms. The van der Waals surface area contributed by atoms with Crippen molar-refractivity contribution in [1.82, 2.24) is 4.90 Å². The molecule has 3 heterocycles. The van der Waals surface area contributed by atoms with Crippen LogP contribution in [0, 0.1) is 12.3 Å². The lowest BCUT2D eigenvalue weighted by molar-refractivity contribution is -0.153. The Balaban J connectivity index is 1.68. The predicted octanol–water partition coefficient (Wildman–Crippen LogP) is 3.46. The minimum absolute atomic E-state index is 0.221. The van der Waals surface area contributed by atoms with Crippen LogP contribution in [0.1, 0.15) is 35.9 Å². The highest BCUT2D eigenvalue weighted by atomic mass is 32.1. The predicted molar refractivity (Wildman–Crippen MR) is 86.9 cm³/mol. The van der Waals surface area contributed by atoms with Gasteiger partial charge in [-0.15, -0.1) is 11.3 Å². The van der Waals surface area contributed by atoms with Gasteiger partial charge in [0.1, 0.15) is 0 Å². The Bertz CT molecular complexity index is 461. The molecule has 2 fully saturated rings. The van der Waals surface area contributed by atoms with E-state index in [1.165, 1.54) is 22.6 Å². The summed E-state index contributed by atoms with van der Waals surface area (Å²) in [6.45, 7) is 10.2. The number of ether oxygens (including phenoxy) is 2. The zero-order chi connectivity index (χ0) is 14.7. The number of fused-ring (bicyclic) bond motifs is 1. The van der Waals surface area contributed by atoms with Gasteiger partial charge >= 0.3 is 0 Å². The van der Waals surface area contributed by atoms with Crippen molar-refractivity contribution in [2.24, 2.45) is 5.41 Å². The Kier molecular flexibility index (Phi) is 4.99. The quantitative estimate of drug-likeness (QED) is 0.831. The molecule has 1 aromatic heterocycles. The van der Waals surface area contributed by atoms with Gasteiger partial charge in [0.15, 0.2) is 0 Å². The van der Waals surface area contributed by atoms with Crippen LogP contribution in [0.3, 0.4) is 0 Å². The van der Waals surface area contributed by atoms with Gasteiger partial charge in [0.05, 0.1) is 12.7 Å². The highest BCUT2D eigenvalue weighted by molar-refractivity contribution is 7.11. The second kappa shape index (κ2) is 6.78. The van der Waals surface area contributed by atoms with E-state index in [1.54, 1.807) is 0 Å². The van der Waals surface area contributed by atoms with Gasteiger partial charge in [-0.3, -0.25) is 4.90 Å². The second-order valence-corrected chi connectivity index (χ2v) is 7.85. The molecule has 2 atom stereocenters.